The molecule has 0 saturated carbocycles. The minimum absolute atomic E-state index is 0.403. The highest BCUT2D eigenvalue weighted by Gasteiger charge is 2.26. The fourth-order valence-corrected chi connectivity index (χ4v) is 4.54. The lowest BCUT2D eigenvalue weighted by atomic mass is 10.1. The fourth-order valence-electron chi connectivity index (χ4n) is 3.90. The molecule has 2 aromatic rings. The van der Waals surface area contributed by atoms with Crippen LogP contribution in [0.15, 0.2) is 29.6 Å². The van der Waals surface area contributed by atoms with Gasteiger partial charge in [0.15, 0.2) is 11.5 Å². The number of methoxy groups -OCH3 is 2. The van der Waals surface area contributed by atoms with Crippen molar-refractivity contribution >= 4 is 11.3 Å². The SMILES string of the molecule is COc1cc(C)c(C[NH+]2CC[NH+](C[C@@H](O)COCc3cccs3)CC2)cc1OC. The van der Waals surface area contributed by atoms with Crippen LogP contribution < -0.4 is 19.3 Å². The minimum atomic E-state index is -0.403. The van der Waals surface area contributed by atoms with E-state index in [2.05, 4.69) is 25.1 Å². The van der Waals surface area contributed by atoms with Gasteiger partial charge >= 0.3 is 0 Å². The normalized spacial score (nSPS) is 20.4. The molecule has 1 aromatic carbocycles. The molecule has 1 atom stereocenters. The lowest BCUT2D eigenvalue weighted by molar-refractivity contribution is -1.02. The third-order valence-electron chi connectivity index (χ3n) is 5.61. The van der Waals surface area contributed by atoms with Gasteiger partial charge in [-0.1, -0.05) is 6.07 Å². The Hall–Kier alpha value is -1.64. The molecule has 0 unspecified atom stereocenters. The van der Waals surface area contributed by atoms with Gasteiger partial charge in [0, 0.05) is 10.4 Å². The van der Waals surface area contributed by atoms with Crippen LogP contribution in [0.3, 0.4) is 0 Å². The number of ether oxygens (including phenoxy) is 3. The highest BCUT2D eigenvalue weighted by atomic mass is 32.1. The molecule has 0 amide bonds. The molecule has 7 heteroatoms. The molecule has 3 N–H and O–H groups in total. The van der Waals surface area contributed by atoms with E-state index in [0.29, 0.717) is 13.2 Å². The maximum atomic E-state index is 10.3. The first kappa shape index (κ1) is 22.1. The molecular formula is C22H34N2O4S+2. The molecule has 2 heterocycles. The van der Waals surface area contributed by atoms with E-state index in [0.717, 1.165) is 50.8 Å². The number of aliphatic hydroxyl groups excluding tert-OH is 1. The Morgan fingerprint density at radius 1 is 1.07 bits per heavy atom. The van der Waals surface area contributed by atoms with Crippen LogP contribution in [0.1, 0.15) is 16.0 Å². The molecule has 3 rings (SSSR count). The number of nitrogens with one attached hydrogen (secondary N) is 2. The number of hydrogen-bond donors (Lipinski definition) is 3. The fraction of sp³-hybridized carbons (Fsp3) is 0.545. The second-order valence-corrected chi connectivity index (χ2v) is 8.80. The summed E-state index contributed by atoms with van der Waals surface area (Å²) in [6.45, 7) is 9.23. The van der Waals surface area contributed by atoms with Crippen LogP contribution in [0.2, 0.25) is 0 Å². The molecule has 1 aliphatic rings. The Balaban J connectivity index is 1.41. The summed E-state index contributed by atoms with van der Waals surface area (Å²) in [5.41, 5.74) is 2.55. The number of piperazine rings is 1. The van der Waals surface area contributed by atoms with E-state index in [4.69, 9.17) is 14.2 Å². The molecule has 1 fully saturated rings. The Kier molecular flexibility index (Phi) is 8.32. The first-order valence-corrected chi connectivity index (χ1v) is 11.1. The molecule has 0 aliphatic carbocycles. The van der Waals surface area contributed by atoms with Gasteiger partial charge < -0.3 is 29.1 Å². The van der Waals surface area contributed by atoms with Crippen molar-refractivity contribution in [2.75, 3.05) is 53.6 Å². The number of benzene rings is 1. The molecule has 29 heavy (non-hydrogen) atoms. The zero-order valence-corrected chi connectivity index (χ0v) is 18.5. The lowest BCUT2D eigenvalue weighted by Crippen LogP contribution is -3.28. The molecular weight excluding hydrogens is 388 g/mol. The third kappa shape index (κ3) is 6.42. The number of rotatable bonds is 10. The zero-order valence-electron chi connectivity index (χ0n) is 17.7. The standard InChI is InChI=1S/C22H32N2O4S/c1-17-11-21(26-2)22(27-3)12-18(17)13-23-6-8-24(9-7-23)14-19(25)15-28-16-20-5-4-10-29-20/h4-5,10-12,19,25H,6-9,13-16H2,1-3H3/p+2/t19-/m1/s1. The van der Waals surface area contributed by atoms with Crippen LogP contribution >= 0.6 is 11.3 Å². The van der Waals surface area contributed by atoms with Crippen LogP contribution in [0, 0.1) is 6.92 Å². The quantitative estimate of drug-likeness (QED) is 0.502. The third-order valence-corrected chi connectivity index (χ3v) is 6.46. The zero-order chi connectivity index (χ0) is 20.6. The topological polar surface area (TPSA) is 56.8 Å². The van der Waals surface area contributed by atoms with Crippen LogP contribution in [0.25, 0.3) is 0 Å². The average molecular weight is 423 g/mol. The maximum Gasteiger partial charge on any atom is 0.161 e. The van der Waals surface area contributed by atoms with Crippen molar-refractivity contribution in [3.8, 4) is 11.5 Å². The Morgan fingerprint density at radius 3 is 2.41 bits per heavy atom. The van der Waals surface area contributed by atoms with Gasteiger partial charge in [-0.25, -0.2) is 0 Å². The highest BCUT2D eigenvalue weighted by Crippen LogP contribution is 2.29. The first-order valence-electron chi connectivity index (χ1n) is 10.3. The molecule has 0 radical (unpaired) electrons. The summed E-state index contributed by atoms with van der Waals surface area (Å²) in [5.74, 6) is 1.58. The monoisotopic (exact) mass is 422 g/mol. The molecule has 1 saturated heterocycles. The summed E-state index contributed by atoms with van der Waals surface area (Å²) in [4.78, 5) is 4.24. The van der Waals surface area contributed by atoms with E-state index in [1.54, 1.807) is 30.5 Å². The van der Waals surface area contributed by atoms with Crippen LogP contribution in [0.4, 0.5) is 0 Å². The van der Waals surface area contributed by atoms with Gasteiger partial charge in [0.1, 0.15) is 45.4 Å². The molecule has 1 aliphatic heterocycles. The summed E-state index contributed by atoms with van der Waals surface area (Å²) in [7, 11) is 3.35. The Labute approximate surface area is 177 Å². The second-order valence-electron chi connectivity index (χ2n) is 7.76. The van der Waals surface area contributed by atoms with E-state index in [1.165, 1.54) is 20.9 Å². The van der Waals surface area contributed by atoms with Crippen molar-refractivity contribution < 1.29 is 29.1 Å². The van der Waals surface area contributed by atoms with E-state index >= 15 is 0 Å². The Bertz CT molecular complexity index is 746. The predicted molar refractivity (Wildman–Crippen MR) is 114 cm³/mol. The number of aliphatic hydroxyl groups is 1. The van der Waals surface area contributed by atoms with Gasteiger partial charge in [-0.05, 0) is 36.1 Å². The smallest absolute Gasteiger partial charge is 0.161 e. The van der Waals surface area contributed by atoms with Gasteiger partial charge in [-0.2, -0.15) is 0 Å². The summed E-state index contributed by atoms with van der Waals surface area (Å²) >= 11 is 1.69. The largest absolute Gasteiger partial charge is 0.493 e. The predicted octanol–water partition coefficient (Wildman–Crippen LogP) is -0.0652. The van der Waals surface area contributed by atoms with Crippen molar-refractivity contribution in [2.24, 2.45) is 0 Å². The minimum Gasteiger partial charge on any atom is -0.493 e. The van der Waals surface area contributed by atoms with Crippen molar-refractivity contribution in [3.05, 3.63) is 45.6 Å². The average Bonchev–Trinajstić information content (AvgIpc) is 3.24. The van der Waals surface area contributed by atoms with Crippen molar-refractivity contribution in [1.82, 2.24) is 0 Å². The molecule has 0 bridgehead atoms. The summed E-state index contributed by atoms with van der Waals surface area (Å²) in [6, 6.07) is 8.25. The number of thiophene rings is 1. The first-order chi connectivity index (χ1) is 14.1. The van der Waals surface area contributed by atoms with Gasteiger partial charge in [-0.3, -0.25) is 0 Å². The van der Waals surface area contributed by atoms with Crippen LogP contribution in [-0.2, 0) is 17.9 Å². The number of aryl methyl sites for hydroxylation is 1. The second kappa shape index (κ2) is 10.9. The Morgan fingerprint density at radius 2 is 1.76 bits per heavy atom. The van der Waals surface area contributed by atoms with E-state index < -0.39 is 6.10 Å². The number of hydrogen-bond acceptors (Lipinski definition) is 5. The van der Waals surface area contributed by atoms with Crippen molar-refractivity contribution in [3.63, 3.8) is 0 Å². The molecule has 1 aromatic heterocycles. The van der Waals surface area contributed by atoms with Gasteiger partial charge in [0.05, 0.1) is 27.4 Å². The molecule has 6 nitrogen and oxygen atoms in total. The van der Waals surface area contributed by atoms with Crippen molar-refractivity contribution in [1.29, 1.82) is 0 Å². The number of quaternary nitrogens is 2. The van der Waals surface area contributed by atoms with Crippen LogP contribution in [0.5, 0.6) is 11.5 Å². The molecule has 160 valence electrons. The highest BCUT2D eigenvalue weighted by molar-refractivity contribution is 7.09. The lowest BCUT2D eigenvalue weighted by Gasteiger charge is -2.31. The maximum absolute atomic E-state index is 10.3. The summed E-state index contributed by atoms with van der Waals surface area (Å²) in [6.07, 6.45) is -0.403. The summed E-state index contributed by atoms with van der Waals surface area (Å²) in [5, 5.41) is 12.3. The van der Waals surface area contributed by atoms with Crippen molar-refractivity contribution in [2.45, 2.75) is 26.2 Å². The van der Waals surface area contributed by atoms with E-state index in [1.807, 2.05) is 11.4 Å². The van der Waals surface area contributed by atoms with Crippen LogP contribution in [-0.4, -0.2) is 64.8 Å². The molecule has 0 spiro atoms. The van der Waals surface area contributed by atoms with Gasteiger partial charge in [0.25, 0.3) is 0 Å². The van der Waals surface area contributed by atoms with Gasteiger partial charge in [-0.15, -0.1) is 11.3 Å². The van der Waals surface area contributed by atoms with Gasteiger partial charge in [0.2, 0.25) is 0 Å². The van der Waals surface area contributed by atoms with E-state index in [9.17, 15) is 5.11 Å². The summed E-state index contributed by atoms with van der Waals surface area (Å²) < 4.78 is 16.5. The van der Waals surface area contributed by atoms with E-state index in [-0.39, 0.29) is 0 Å².